The maximum absolute atomic E-state index is 12.9. The van der Waals surface area contributed by atoms with Crippen LogP contribution in [0.4, 0.5) is 13.2 Å². The summed E-state index contributed by atoms with van der Waals surface area (Å²) in [7, 11) is 0. The van der Waals surface area contributed by atoms with E-state index in [-0.39, 0.29) is 12.1 Å². The van der Waals surface area contributed by atoms with Crippen LogP contribution in [0.15, 0.2) is 30.5 Å². The van der Waals surface area contributed by atoms with Gasteiger partial charge in [0, 0.05) is 0 Å². The van der Waals surface area contributed by atoms with Gasteiger partial charge in [0.1, 0.15) is 5.69 Å². The molecule has 0 aliphatic carbocycles. The molecule has 2 aromatic rings. The number of hydrogen-bond donors (Lipinski definition) is 1. The maximum Gasteiger partial charge on any atom is 0.416 e. The molecule has 0 bridgehead atoms. The molecule has 0 spiro atoms. The minimum atomic E-state index is -4.38. The lowest BCUT2D eigenvalue weighted by molar-refractivity contribution is -0.138. The predicted octanol–water partition coefficient (Wildman–Crippen LogP) is 2.54. The molecular weight excluding hydrogens is 269 g/mol. The monoisotopic (exact) mass is 284 g/mol. The molecule has 20 heavy (non-hydrogen) atoms. The number of hydrogen-bond acceptors (Lipinski definition) is 3. The van der Waals surface area contributed by atoms with E-state index >= 15 is 0 Å². The van der Waals surface area contributed by atoms with E-state index in [2.05, 4.69) is 10.3 Å². The fourth-order valence-corrected chi connectivity index (χ4v) is 1.78. The van der Waals surface area contributed by atoms with Gasteiger partial charge in [0.15, 0.2) is 0 Å². The molecule has 2 rings (SSSR count). The molecule has 0 aliphatic rings. The number of alkyl halides is 3. The maximum atomic E-state index is 12.9. The first kappa shape index (κ1) is 14.5. The van der Waals surface area contributed by atoms with Crippen LogP contribution in [0.3, 0.4) is 0 Å². The van der Waals surface area contributed by atoms with E-state index in [1.165, 1.54) is 16.8 Å². The number of nitrogens with two attached hydrogens (primary N) is 1. The summed E-state index contributed by atoms with van der Waals surface area (Å²) in [6.07, 6.45) is -2.82. The second kappa shape index (κ2) is 4.90. The molecule has 0 aliphatic heterocycles. The Hall–Kier alpha value is -1.89. The fraction of sp³-hybridized carbons (Fsp3) is 0.385. The van der Waals surface area contributed by atoms with Gasteiger partial charge in [-0.15, -0.1) is 5.10 Å². The first-order valence-electron chi connectivity index (χ1n) is 6.02. The summed E-state index contributed by atoms with van der Waals surface area (Å²) in [5.74, 6) is 0. The molecular formula is C13H15F3N4. The molecule has 108 valence electrons. The molecule has 0 saturated carbocycles. The van der Waals surface area contributed by atoms with Crippen LogP contribution in [-0.4, -0.2) is 15.0 Å². The number of nitrogens with zero attached hydrogens (tertiary/aromatic N) is 3. The van der Waals surface area contributed by atoms with Gasteiger partial charge in [-0.2, -0.15) is 13.2 Å². The summed E-state index contributed by atoms with van der Waals surface area (Å²) in [6, 6.07) is 5.41. The zero-order valence-corrected chi connectivity index (χ0v) is 11.1. The molecule has 7 heteroatoms. The third-order valence-electron chi connectivity index (χ3n) is 2.85. The molecule has 0 amide bonds. The van der Waals surface area contributed by atoms with Gasteiger partial charge in [0.25, 0.3) is 0 Å². The van der Waals surface area contributed by atoms with E-state index in [4.69, 9.17) is 5.73 Å². The first-order chi connectivity index (χ1) is 9.18. The quantitative estimate of drug-likeness (QED) is 0.942. The Morgan fingerprint density at radius 3 is 2.40 bits per heavy atom. The van der Waals surface area contributed by atoms with Gasteiger partial charge < -0.3 is 5.73 Å². The smallest absolute Gasteiger partial charge is 0.320 e. The normalized spacial score (nSPS) is 12.7. The Bertz CT molecular complexity index is 596. The third-order valence-corrected chi connectivity index (χ3v) is 2.85. The Labute approximate surface area is 114 Å². The van der Waals surface area contributed by atoms with Crippen molar-refractivity contribution in [3.05, 3.63) is 47.3 Å². The van der Waals surface area contributed by atoms with E-state index < -0.39 is 17.3 Å². The first-order valence-corrected chi connectivity index (χ1v) is 6.02. The molecule has 1 heterocycles. The van der Waals surface area contributed by atoms with Crippen molar-refractivity contribution < 1.29 is 13.2 Å². The van der Waals surface area contributed by atoms with Crippen LogP contribution in [0.25, 0.3) is 0 Å². The topological polar surface area (TPSA) is 56.7 Å². The van der Waals surface area contributed by atoms with E-state index in [0.29, 0.717) is 5.69 Å². The zero-order valence-electron chi connectivity index (χ0n) is 11.1. The number of halogens is 3. The van der Waals surface area contributed by atoms with Crippen LogP contribution in [0.2, 0.25) is 0 Å². The fourth-order valence-electron chi connectivity index (χ4n) is 1.78. The van der Waals surface area contributed by atoms with Crippen molar-refractivity contribution in [3.8, 4) is 0 Å². The van der Waals surface area contributed by atoms with E-state index in [0.717, 1.165) is 6.07 Å². The highest BCUT2D eigenvalue weighted by atomic mass is 19.4. The third kappa shape index (κ3) is 3.16. The standard InChI is InChI=1S/C13H15F3N4/c1-12(2,17)11-8-20(19-18-11)7-9-5-3-4-6-10(9)13(14,15)16/h3-6,8H,7,17H2,1-2H3. The van der Waals surface area contributed by atoms with Crippen LogP contribution in [-0.2, 0) is 18.3 Å². The van der Waals surface area contributed by atoms with Gasteiger partial charge in [-0.1, -0.05) is 23.4 Å². The van der Waals surface area contributed by atoms with Crippen molar-refractivity contribution in [1.29, 1.82) is 0 Å². The number of aromatic nitrogens is 3. The van der Waals surface area contributed by atoms with E-state index in [1.807, 2.05) is 0 Å². The van der Waals surface area contributed by atoms with Crippen molar-refractivity contribution in [2.45, 2.75) is 32.1 Å². The Balaban J connectivity index is 2.29. The molecule has 0 atom stereocenters. The van der Waals surface area contributed by atoms with Crippen LogP contribution in [0.1, 0.15) is 30.7 Å². The summed E-state index contributed by atoms with van der Waals surface area (Å²) in [6.45, 7) is 3.51. The highest BCUT2D eigenvalue weighted by Gasteiger charge is 2.33. The van der Waals surface area contributed by atoms with Crippen molar-refractivity contribution in [2.24, 2.45) is 5.73 Å². The summed E-state index contributed by atoms with van der Waals surface area (Å²) in [4.78, 5) is 0. The molecule has 0 unspecified atom stereocenters. The Morgan fingerprint density at radius 2 is 1.85 bits per heavy atom. The van der Waals surface area contributed by atoms with Crippen LogP contribution in [0, 0.1) is 0 Å². The lowest BCUT2D eigenvalue weighted by Gasteiger charge is -2.14. The summed E-state index contributed by atoms with van der Waals surface area (Å²) < 4.78 is 40.0. The minimum Gasteiger partial charge on any atom is -0.320 e. The van der Waals surface area contributed by atoms with Crippen molar-refractivity contribution in [2.75, 3.05) is 0 Å². The molecule has 1 aromatic carbocycles. The summed E-state index contributed by atoms with van der Waals surface area (Å²) in [5.41, 5.74) is 5.20. The van der Waals surface area contributed by atoms with Gasteiger partial charge in [-0.3, -0.25) is 0 Å². The zero-order chi connectivity index (χ0) is 15.0. The van der Waals surface area contributed by atoms with Gasteiger partial charge in [0.2, 0.25) is 0 Å². The lowest BCUT2D eigenvalue weighted by atomic mass is 10.0. The minimum absolute atomic E-state index is 0.00123. The number of benzene rings is 1. The molecule has 1 aromatic heterocycles. The van der Waals surface area contributed by atoms with E-state index in [1.54, 1.807) is 26.1 Å². The predicted molar refractivity (Wildman–Crippen MR) is 67.8 cm³/mol. The van der Waals surface area contributed by atoms with Crippen LogP contribution < -0.4 is 5.73 Å². The largest absolute Gasteiger partial charge is 0.416 e. The SMILES string of the molecule is CC(C)(N)c1cn(Cc2ccccc2C(F)(F)F)nn1. The van der Waals surface area contributed by atoms with Gasteiger partial charge >= 0.3 is 6.18 Å². The molecule has 0 fully saturated rings. The second-order valence-corrected chi connectivity index (χ2v) is 5.18. The van der Waals surface area contributed by atoms with Crippen molar-refractivity contribution >= 4 is 0 Å². The van der Waals surface area contributed by atoms with Crippen LogP contribution in [0.5, 0.6) is 0 Å². The highest BCUT2D eigenvalue weighted by Crippen LogP contribution is 2.32. The van der Waals surface area contributed by atoms with Gasteiger partial charge in [0.05, 0.1) is 23.8 Å². The Kier molecular flexibility index (Phi) is 3.56. The molecule has 4 nitrogen and oxygen atoms in total. The molecule has 2 N–H and O–H groups in total. The average molecular weight is 284 g/mol. The second-order valence-electron chi connectivity index (χ2n) is 5.18. The van der Waals surface area contributed by atoms with E-state index in [9.17, 15) is 13.2 Å². The van der Waals surface area contributed by atoms with Crippen molar-refractivity contribution in [3.63, 3.8) is 0 Å². The van der Waals surface area contributed by atoms with Gasteiger partial charge in [-0.25, -0.2) is 4.68 Å². The summed E-state index contributed by atoms with van der Waals surface area (Å²) in [5, 5.41) is 7.70. The average Bonchev–Trinajstić information content (AvgIpc) is 2.76. The lowest BCUT2D eigenvalue weighted by Crippen LogP contribution is -2.29. The molecule has 0 saturated heterocycles. The number of rotatable bonds is 3. The van der Waals surface area contributed by atoms with Gasteiger partial charge in [-0.05, 0) is 25.5 Å². The van der Waals surface area contributed by atoms with Crippen LogP contribution >= 0.6 is 0 Å². The summed E-state index contributed by atoms with van der Waals surface area (Å²) >= 11 is 0. The Morgan fingerprint density at radius 1 is 1.20 bits per heavy atom. The van der Waals surface area contributed by atoms with Crippen molar-refractivity contribution in [1.82, 2.24) is 15.0 Å². The highest BCUT2D eigenvalue weighted by molar-refractivity contribution is 5.29. The molecule has 0 radical (unpaired) electrons.